The van der Waals surface area contributed by atoms with Crippen molar-refractivity contribution in [3.05, 3.63) is 99.2 Å². The molecule has 0 spiro atoms. The Kier molecular flexibility index (Phi) is 8.27. The number of imidazole rings is 1. The highest BCUT2D eigenvalue weighted by atomic mass is 35.5. The van der Waals surface area contributed by atoms with Gasteiger partial charge in [-0.15, -0.1) is 11.3 Å². The lowest BCUT2D eigenvalue weighted by molar-refractivity contribution is -0.124. The number of anilines is 2. The van der Waals surface area contributed by atoms with E-state index in [0.717, 1.165) is 55.0 Å². The number of nitrogens with zero attached hydrogens (tertiary/aromatic N) is 6. The largest absolute Gasteiger partial charge is 0.368 e. The minimum atomic E-state index is 0.0328. The van der Waals surface area contributed by atoms with E-state index in [1.165, 1.54) is 11.3 Å². The maximum atomic E-state index is 13.6. The van der Waals surface area contributed by atoms with Crippen molar-refractivity contribution >= 4 is 46.1 Å². The van der Waals surface area contributed by atoms with E-state index in [0.29, 0.717) is 41.0 Å². The Morgan fingerprint density at radius 2 is 1.74 bits per heavy atom. The van der Waals surface area contributed by atoms with Gasteiger partial charge in [0.25, 0.3) is 5.91 Å². The van der Waals surface area contributed by atoms with Gasteiger partial charge in [0.1, 0.15) is 0 Å². The van der Waals surface area contributed by atoms with Crippen LogP contribution in [0.15, 0.2) is 73.2 Å². The number of carbonyl (C=O) groups is 2. The molecule has 10 heteroatoms. The number of piperazine rings is 1. The molecule has 1 saturated heterocycles. The summed E-state index contributed by atoms with van der Waals surface area (Å²) in [5.74, 6) is 0.245. The van der Waals surface area contributed by atoms with Gasteiger partial charge in [0.15, 0.2) is 0 Å². The summed E-state index contributed by atoms with van der Waals surface area (Å²) < 4.78 is 2.68. The first-order chi connectivity index (χ1) is 20.5. The van der Waals surface area contributed by atoms with Crippen LogP contribution in [0, 0.1) is 17.2 Å². The third kappa shape index (κ3) is 6.06. The first-order valence-electron chi connectivity index (χ1n) is 14.2. The van der Waals surface area contributed by atoms with E-state index < -0.39 is 0 Å². The van der Waals surface area contributed by atoms with E-state index >= 15 is 0 Å². The molecule has 8 nitrogen and oxygen atoms in total. The summed E-state index contributed by atoms with van der Waals surface area (Å²) in [7, 11) is 0. The molecule has 6 rings (SSSR count). The number of hydrogen-bond acceptors (Lipinski definition) is 6. The highest BCUT2D eigenvalue weighted by Crippen LogP contribution is 2.32. The maximum absolute atomic E-state index is 13.6. The first kappa shape index (κ1) is 28.0. The highest BCUT2D eigenvalue weighted by molar-refractivity contribution is 7.17. The van der Waals surface area contributed by atoms with Gasteiger partial charge in [0.2, 0.25) is 5.91 Å². The van der Waals surface area contributed by atoms with Crippen molar-refractivity contribution in [2.75, 3.05) is 36.0 Å². The molecule has 2 aromatic heterocycles. The van der Waals surface area contributed by atoms with Crippen LogP contribution in [0.3, 0.4) is 0 Å². The third-order valence-electron chi connectivity index (χ3n) is 8.15. The fourth-order valence-corrected chi connectivity index (χ4v) is 6.44. The van der Waals surface area contributed by atoms with Crippen LogP contribution >= 0.6 is 22.9 Å². The second kappa shape index (κ2) is 12.4. The van der Waals surface area contributed by atoms with E-state index in [9.17, 15) is 9.59 Å². The van der Waals surface area contributed by atoms with Gasteiger partial charge in [0.05, 0.1) is 39.4 Å². The number of carbonyl (C=O) groups excluding carboxylic acids is 2. The fourth-order valence-electron chi connectivity index (χ4n) is 5.43. The van der Waals surface area contributed by atoms with E-state index in [4.69, 9.17) is 16.9 Å². The molecule has 4 aromatic rings. The molecule has 2 fully saturated rings. The molecule has 0 unspecified atom stereocenters. The summed E-state index contributed by atoms with van der Waals surface area (Å²) in [6.45, 7) is 3.81. The van der Waals surface area contributed by atoms with Crippen LogP contribution in [0.25, 0.3) is 0 Å². The summed E-state index contributed by atoms with van der Waals surface area (Å²) in [6, 6.07) is 21.4. The number of halogens is 1. The zero-order chi connectivity index (χ0) is 29.1. The van der Waals surface area contributed by atoms with E-state index in [1.54, 1.807) is 18.5 Å². The van der Waals surface area contributed by atoms with Gasteiger partial charge in [-0.1, -0.05) is 30.2 Å². The van der Waals surface area contributed by atoms with Crippen molar-refractivity contribution in [1.29, 1.82) is 5.26 Å². The summed E-state index contributed by atoms with van der Waals surface area (Å²) in [4.78, 5) is 37.5. The maximum Gasteiger partial charge on any atom is 0.264 e. The third-order valence-corrected chi connectivity index (χ3v) is 9.37. The monoisotopic (exact) mass is 598 g/mol. The molecule has 214 valence electrons. The van der Waals surface area contributed by atoms with Crippen LogP contribution in [0.4, 0.5) is 11.4 Å². The number of amides is 2. The van der Waals surface area contributed by atoms with Crippen molar-refractivity contribution in [2.24, 2.45) is 5.92 Å². The standard InChI is InChI=1S/C32H31ClN6O2S/c33-30-13-12-29(42-30)32(41)37-16-14-36(15-17-37)26-8-10-27(11-9-26)39(31(40)25-2-1-3-25)21-28-19-35-22-38(28)20-24-6-4-23(18-34)5-7-24/h4-13,19,22,25H,1-3,14-17,20-21H2. The lowest BCUT2D eigenvalue weighted by Gasteiger charge is -2.36. The second-order valence-electron chi connectivity index (χ2n) is 10.8. The molecular weight excluding hydrogens is 568 g/mol. The van der Waals surface area contributed by atoms with E-state index in [-0.39, 0.29) is 17.7 Å². The number of thiophene rings is 1. The lowest BCUT2D eigenvalue weighted by atomic mass is 9.84. The van der Waals surface area contributed by atoms with Gasteiger partial charge in [-0.3, -0.25) is 9.59 Å². The average molecular weight is 599 g/mol. The zero-order valence-electron chi connectivity index (χ0n) is 23.2. The highest BCUT2D eigenvalue weighted by Gasteiger charge is 2.31. The Morgan fingerprint density at radius 1 is 1.00 bits per heavy atom. The van der Waals surface area contributed by atoms with Crippen molar-refractivity contribution in [1.82, 2.24) is 14.5 Å². The van der Waals surface area contributed by atoms with Crippen LogP contribution in [0.5, 0.6) is 0 Å². The lowest BCUT2D eigenvalue weighted by Crippen LogP contribution is -2.48. The van der Waals surface area contributed by atoms with Crippen LogP contribution in [0.2, 0.25) is 4.34 Å². The minimum absolute atomic E-state index is 0.0328. The van der Waals surface area contributed by atoms with Gasteiger partial charge in [-0.25, -0.2) is 4.98 Å². The summed E-state index contributed by atoms with van der Waals surface area (Å²) in [5.41, 5.74) is 4.58. The summed E-state index contributed by atoms with van der Waals surface area (Å²) >= 11 is 7.34. The van der Waals surface area contributed by atoms with Gasteiger partial charge in [-0.2, -0.15) is 5.26 Å². The number of nitriles is 1. The molecule has 0 radical (unpaired) electrons. The molecule has 42 heavy (non-hydrogen) atoms. The Hall–Kier alpha value is -4.13. The van der Waals surface area contributed by atoms with Crippen molar-refractivity contribution in [3.8, 4) is 6.07 Å². The SMILES string of the molecule is N#Cc1ccc(Cn2cncc2CN(C(=O)C2CCC2)c2ccc(N3CCN(C(=O)c4ccc(Cl)s4)CC3)cc2)cc1. The Balaban J connectivity index is 1.14. The van der Waals surface area contributed by atoms with Crippen LogP contribution in [-0.4, -0.2) is 52.4 Å². The van der Waals surface area contributed by atoms with Gasteiger partial charge in [0, 0.05) is 56.2 Å². The van der Waals surface area contributed by atoms with E-state index in [1.807, 2.05) is 52.4 Å². The fraction of sp³-hybridized carbons (Fsp3) is 0.312. The Bertz CT molecular complexity index is 1590. The van der Waals surface area contributed by atoms with Crippen molar-refractivity contribution in [2.45, 2.75) is 32.4 Å². The predicted molar refractivity (Wildman–Crippen MR) is 165 cm³/mol. The molecule has 2 aliphatic rings. The molecule has 1 aliphatic heterocycles. The summed E-state index contributed by atoms with van der Waals surface area (Å²) in [6.07, 6.45) is 6.56. The molecule has 0 atom stereocenters. The molecule has 2 aromatic carbocycles. The number of benzene rings is 2. The van der Waals surface area contributed by atoms with Crippen molar-refractivity contribution in [3.63, 3.8) is 0 Å². The minimum Gasteiger partial charge on any atom is -0.368 e. The quantitative estimate of drug-likeness (QED) is 0.255. The summed E-state index contributed by atoms with van der Waals surface area (Å²) in [5, 5.41) is 9.10. The number of rotatable bonds is 8. The van der Waals surface area contributed by atoms with Gasteiger partial charge < -0.3 is 19.3 Å². The smallest absolute Gasteiger partial charge is 0.264 e. The second-order valence-corrected chi connectivity index (χ2v) is 12.5. The van der Waals surface area contributed by atoms with E-state index in [2.05, 4.69) is 32.7 Å². The molecule has 3 heterocycles. The normalized spacial score (nSPS) is 15.2. The van der Waals surface area contributed by atoms with Crippen LogP contribution in [0.1, 0.15) is 45.8 Å². The average Bonchev–Trinajstić information content (AvgIpc) is 3.63. The topological polar surface area (TPSA) is 85.5 Å². The van der Waals surface area contributed by atoms with Gasteiger partial charge in [-0.05, 0) is 66.9 Å². The Morgan fingerprint density at radius 3 is 2.36 bits per heavy atom. The van der Waals surface area contributed by atoms with Crippen molar-refractivity contribution < 1.29 is 9.59 Å². The Labute approximate surface area is 254 Å². The molecule has 1 aliphatic carbocycles. The molecule has 0 bridgehead atoms. The number of aromatic nitrogens is 2. The predicted octanol–water partition coefficient (Wildman–Crippen LogP) is 5.81. The van der Waals surface area contributed by atoms with Crippen LogP contribution < -0.4 is 9.80 Å². The molecule has 2 amide bonds. The first-order valence-corrected chi connectivity index (χ1v) is 15.4. The molecular formula is C32H31ClN6O2S. The number of hydrogen-bond donors (Lipinski definition) is 0. The van der Waals surface area contributed by atoms with Crippen LogP contribution in [-0.2, 0) is 17.9 Å². The molecule has 0 N–H and O–H groups in total. The molecule has 1 saturated carbocycles. The zero-order valence-corrected chi connectivity index (χ0v) is 24.7. The van der Waals surface area contributed by atoms with Gasteiger partial charge >= 0.3 is 0 Å².